The van der Waals surface area contributed by atoms with Gasteiger partial charge < -0.3 is 9.84 Å². The SMILES string of the molecule is COc1ccc(CC(C)(C)C(C)(C)Cc2ccc(O)cc2)cc1. The van der Waals surface area contributed by atoms with Crippen LogP contribution < -0.4 is 4.74 Å². The minimum atomic E-state index is 0.129. The number of benzene rings is 2. The maximum atomic E-state index is 9.44. The standard InChI is InChI=1S/C21H28O2/c1-20(2,14-16-6-10-18(22)11-7-16)21(3,4)15-17-8-12-19(23-5)13-9-17/h6-13,22H,14-15H2,1-5H3. The Hall–Kier alpha value is -1.96. The van der Waals surface area contributed by atoms with Gasteiger partial charge in [-0.15, -0.1) is 0 Å². The van der Waals surface area contributed by atoms with Crippen molar-refractivity contribution in [1.29, 1.82) is 0 Å². The summed E-state index contributed by atoms with van der Waals surface area (Å²) in [7, 11) is 1.69. The molecule has 0 aromatic heterocycles. The van der Waals surface area contributed by atoms with E-state index in [1.165, 1.54) is 11.1 Å². The zero-order valence-electron chi connectivity index (χ0n) is 14.9. The minimum absolute atomic E-state index is 0.129. The summed E-state index contributed by atoms with van der Waals surface area (Å²) in [5.41, 5.74) is 2.86. The van der Waals surface area contributed by atoms with Crippen molar-refractivity contribution in [3.63, 3.8) is 0 Å². The van der Waals surface area contributed by atoms with Crippen molar-refractivity contribution in [2.75, 3.05) is 7.11 Å². The van der Waals surface area contributed by atoms with Crippen LogP contribution in [-0.4, -0.2) is 12.2 Å². The molecule has 0 bridgehead atoms. The molecule has 0 amide bonds. The molecule has 0 aliphatic heterocycles. The van der Waals surface area contributed by atoms with E-state index in [4.69, 9.17) is 4.74 Å². The molecule has 2 aromatic carbocycles. The predicted octanol–water partition coefficient (Wildman–Crippen LogP) is 5.24. The Bertz CT molecular complexity index is 622. The van der Waals surface area contributed by atoms with E-state index >= 15 is 0 Å². The molecule has 0 unspecified atom stereocenters. The lowest BCUT2D eigenvalue weighted by atomic mass is 9.62. The Kier molecular flexibility index (Phi) is 5.03. The largest absolute Gasteiger partial charge is 0.508 e. The highest BCUT2D eigenvalue weighted by atomic mass is 16.5. The van der Waals surface area contributed by atoms with Gasteiger partial charge >= 0.3 is 0 Å². The Balaban J connectivity index is 2.13. The molecule has 2 aromatic rings. The summed E-state index contributed by atoms with van der Waals surface area (Å²) in [6.07, 6.45) is 2.00. The van der Waals surface area contributed by atoms with Crippen LogP contribution >= 0.6 is 0 Å². The van der Waals surface area contributed by atoms with Crippen molar-refractivity contribution in [1.82, 2.24) is 0 Å². The maximum absolute atomic E-state index is 9.44. The van der Waals surface area contributed by atoms with Crippen LogP contribution in [0.15, 0.2) is 48.5 Å². The molecule has 0 aliphatic carbocycles. The number of phenolic OH excluding ortho intramolecular Hbond substituents is 1. The second-order valence-electron chi connectivity index (χ2n) is 7.64. The first-order valence-electron chi connectivity index (χ1n) is 8.14. The molecule has 0 heterocycles. The first-order chi connectivity index (χ1) is 10.7. The summed E-state index contributed by atoms with van der Waals surface area (Å²) in [6, 6.07) is 15.9. The summed E-state index contributed by atoms with van der Waals surface area (Å²) in [5.74, 6) is 1.22. The first-order valence-corrected chi connectivity index (χ1v) is 8.14. The van der Waals surface area contributed by atoms with Gasteiger partial charge in [0.2, 0.25) is 0 Å². The molecule has 0 atom stereocenters. The minimum Gasteiger partial charge on any atom is -0.508 e. The monoisotopic (exact) mass is 312 g/mol. The van der Waals surface area contributed by atoms with E-state index in [1.54, 1.807) is 19.2 Å². The molecule has 2 heteroatoms. The third-order valence-corrected chi connectivity index (χ3v) is 5.22. The number of aromatic hydroxyl groups is 1. The molecule has 23 heavy (non-hydrogen) atoms. The molecule has 0 saturated carbocycles. The number of rotatable bonds is 6. The van der Waals surface area contributed by atoms with Gasteiger partial charge in [-0.3, -0.25) is 0 Å². The van der Waals surface area contributed by atoms with Crippen LogP contribution in [0.1, 0.15) is 38.8 Å². The third-order valence-electron chi connectivity index (χ3n) is 5.22. The molecular weight excluding hydrogens is 284 g/mol. The Morgan fingerprint density at radius 1 is 0.739 bits per heavy atom. The molecule has 0 aliphatic rings. The van der Waals surface area contributed by atoms with E-state index in [9.17, 15) is 5.11 Å². The van der Waals surface area contributed by atoms with Crippen molar-refractivity contribution < 1.29 is 9.84 Å². The second kappa shape index (κ2) is 6.66. The molecule has 0 saturated heterocycles. The molecule has 2 nitrogen and oxygen atoms in total. The molecule has 124 valence electrons. The van der Waals surface area contributed by atoms with Crippen molar-refractivity contribution in [2.45, 2.75) is 40.5 Å². The Labute approximate surface area is 140 Å². The Morgan fingerprint density at radius 2 is 1.13 bits per heavy atom. The zero-order valence-corrected chi connectivity index (χ0v) is 14.9. The summed E-state index contributed by atoms with van der Waals surface area (Å²) >= 11 is 0. The lowest BCUT2D eigenvalue weighted by molar-refractivity contribution is 0.109. The lowest BCUT2D eigenvalue weighted by Gasteiger charge is -2.42. The maximum Gasteiger partial charge on any atom is 0.118 e. The van der Waals surface area contributed by atoms with E-state index in [2.05, 4.69) is 39.8 Å². The number of phenols is 1. The van der Waals surface area contributed by atoms with Crippen LogP contribution in [0.2, 0.25) is 0 Å². The van der Waals surface area contributed by atoms with E-state index < -0.39 is 0 Å². The summed E-state index contributed by atoms with van der Waals surface area (Å²) < 4.78 is 5.23. The van der Waals surface area contributed by atoms with Crippen LogP contribution in [-0.2, 0) is 12.8 Å². The van der Waals surface area contributed by atoms with Gasteiger partial charge in [-0.1, -0.05) is 52.0 Å². The highest BCUT2D eigenvalue weighted by Gasteiger charge is 2.36. The average molecular weight is 312 g/mol. The first kappa shape index (κ1) is 17.4. The molecule has 0 radical (unpaired) electrons. The van der Waals surface area contributed by atoms with Crippen molar-refractivity contribution in [3.8, 4) is 11.5 Å². The van der Waals surface area contributed by atoms with E-state index in [1.807, 2.05) is 24.3 Å². The van der Waals surface area contributed by atoms with Crippen LogP contribution in [0.25, 0.3) is 0 Å². The average Bonchev–Trinajstić information content (AvgIpc) is 2.49. The van der Waals surface area contributed by atoms with Gasteiger partial charge in [0.05, 0.1) is 7.11 Å². The van der Waals surface area contributed by atoms with Crippen molar-refractivity contribution >= 4 is 0 Å². The number of ether oxygens (including phenoxy) is 1. The molecule has 0 spiro atoms. The highest BCUT2D eigenvalue weighted by Crippen LogP contribution is 2.43. The fourth-order valence-corrected chi connectivity index (χ4v) is 2.86. The summed E-state index contributed by atoms with van der Waals surface area (Å²) in [5, 5.41) is 9.44. The van der Waals surface area contributed by atoms with Gasteiger partial charge in [-0.25, -0.2) is 0 Å². The van der Waals surface area contributed by atoms with E-state index in [0.717, 1.165) is 18.6 Å². The fourth-order valence-electron chi connectivity index (χ4n) is 2.86. The lowest BCUT2D eigenvalue weighted by Crippen LogP contribution is -2.36. The van der Waals surface area contributed by atoms with Gasteiger partial charge in [0.25, 0.3) is 0 Å². The van der Waals surface area contributed by atoms with Gasteiger partial charge in [0.1, 0.15) is 11.5 Å². The van der Waals surface area contributed by atoms with E-state index in [-0.39, 0.29) is 10.8 Å². The Morgan fingerprint density at radius 3 is 1.52 bits per heavy atom. The van der Waals surface area contributed by atoms with Crippen LogP contribution in [0, 0.1) is 10.8 Å². The van der Waals surface area contributed by atoms with E-state index in [0.29, 0.717) is 5.75 Å². The zero-order chi connectivity index (χ0) is 17.1. The smallest absolute Gasteiger partial charge is 0.118 e. The van der Waals surface area contributed by atoms with Gasteiger partial charge in [0, 0.05) is 0 Å². The number of hydrogen-bond donors (Lipinski definition) is 1. The molecule has 0 fully saturated rings. The summed E-state index contributed by atoms with van der Waals surface area (Å²) in [6.45, 7) is 9.31. The normalized spacial score (nSPS) is 12.2. The quantitative estimate of drug-likeness (QED) is 0.790. The molecule has 1 N–H and O–H groups in total. The van der Waals surface area contributed by atoms with Gasteiger partial charge in [0.15, 0.2) is 0 Å². The number of methoxy groups -OCH3 is 1. The fraction of sp³-hybridized carbons (Fsp3) is 0.429. The van der Waals surface area contributed by atoms with Crippen LogP contribution in [0.4, 0.5) is 0 Å². The van der Waals surface area contributed by atoms with Crippen molar-refractivity contribution in [3.05, 3.63) is 59.7 Å². The molecular formula is C21H28O2. The van der Waals surface area contributed by atoms with Crippen LogP contribution in [0.3, 0.4) is 0 Å². The predicted molar refractivity (Wildman–Crippen MR) is 96.1 cm³/mol. The number of hydrogen-bond acceptors (Lipinski definition) is 2. The van der Waals surface area contributed by atoms with Gasteiger partial charge in [-0.2, -0.15) is 0 Å². The highest BCUT2D eigenvalue weighted by molar-refractivity contribution is 5.29. The summed E-state index contributed by atoms with van der Waals surface area (Å²) in [4.78, 5) is 0. The second-order valence-corrected chi connectivity index (χ2v) is 7.64. The van der Waals surface area contributed by atoms with Gasteiger partial charge in [-0.05, 0) is 59.1 Å². The molecule has 2 rings (SSSR count). The topological polar surface area (TPSA) is 29.5 Å². The van der Waals surface area contributed by atoms with Crippen LogP contribution in [0.5, 0.6) is 11.5 Å². The third kappa shape index (κ3) is 4.28. The van der Waals surface area contributed by atoms with Crippen molar-refractivity contribution in [2.24, 2.45) is 10.8 Å².